The number of ether oxygens (including phenoxy) is 1. The van der Waals surface area contributed by atoms with Crippen molar-refractivity contribution in [3.8, 4) is 6.07 Å². The van der Waals surface area contributed by atoms with E-state index in [4.69, 9.17) is 10.00 Å². The summed E-state index contributed by atoms with van der Waals surface area (Å²) in [5, 5.41) is 11.9. The minimum atomic E-state index is -0.382. The predicted octanol–water partition coefficient (Wildman–Crippen LogP) is 3.11. The fraction of sp³-hybridized carbons (Fsp3) is 0.318. The first-order valence-corrected chi connectivity index (χ1v) is 9.70. The van der Waals surface area contributed by atoms with Gasteiger partial charge in [-0.1, -0.05) is 18.2 Å². The van der Waals surface area contributed by atoms with Crippen molar-refractivity contribution < 1.29 is 14.3 Å². The maximum absolute atomic E-state index is 13.0. The SMILES string of the molecule is CN(C)CCN(Cc1ccc(C#N)cc1)C(=O)Nc1cccc(N2CCOC2=O)c1. The summed E-state index contributed by atoms with van der Waals surface area (Å²) in [6.07, 6.45) is -0.382. The highest BCUT2D eigenvalue weighted by Gasteiger charge is 2.24. The number of hydrogen-bond acceptors (Lipinski definition) is 5. The van der Waals surface area contributed by atoms with Crippen LogP contribution in [0.2, 0.25) is 0 Å². The second-order valence-electron chi connectivity index (χ2n) is 7.28. The van der Waals surface area contributed by atoms with Crippen molar-refractivity contribution in [2.24, 2.45) is 0 Å². The topological polar surface area (TPSA) is 88.9 Å². The zero-order valence-electron chi connectivity index (χ0n) is 17.2. The van der Waals surface area contributed by atoms with Crippen LogP contribution in [0.3, 0.4) is 0 Å². The van der Waals surface area contributed by atoms with Gasteiger partial charge in [-0.3, -0.25) is 4.90 Å². The molecule has 0 spiro atoms. The molecule has 1 aliphatic heterocycles. The Hall–Kier alpha value is -3.57. The summed E-state index contributed by atoms with van der Waals surface area (Å²) in [5.41, 5.74) is 2.81. The molecular weight excluding hydrogens is 382 g/mol. The lowest BCUT2D eigenvalue weighted by Gasteiger charge is -2.25. The minimum Gasteiger partial charge on any atom is -0.447 e. The Kier molecular flexibility index (Phi) is 6.88. The molecule has 156 valence electrons. The number of benzene rings is 2. The predicted molar refractivity (Wildman–Crippen MR) is 114 cm³/mol. The quantitative estimate of drug-likeness (QED) is 0.762. The first kappa shape index (κ1) is 21.1. The first-order chi connectivity index (χ1) is 14.5. The Morgan fingerprint density at radius 1 is 1.20 bits per heavy atom. The molecule has 0 unspecified atom stereocenters. The monoisotopic (exact) mass is 407 g/mol. The molecule has 0 atom stereocenters. The Balaban J connectivity index is 1.72. The van der Waals surface area contributed by atoms with E-state index in [1.54, 1.807) is 35.2 Å². The van der Waals surface area contributed by atoms with Crippen molar-refractivity contribution in [3.63, 3.8) is 0 Å². The van der Waals surface area contributed by atoms with Crippen molar-refractivity contribution in [3.05, 3.63) is 59.7 Å². The van der Waals surface area contributed by atoms with E-state index in [0.717, 1.165) is 5.56 Å². The maximum Gasteiger partial charge on any atom is 0.414 e. The van der Waals surface area contributed by atoms with Gasteiger partial charge in [-0.05, 0) is 50.0 Å². The van der Waals surface area contributed by atoms with Gasteiger partial charge in [-0.15, -0.1) is 0 Å². The van der Waals surface area contributed by atoms with E-state index in [-0.39, 0.29) is 12.1 Å². The van der Waals surface area contributed by atoms with Crippen LogP contribution >= 0.6 is 0 Å². The molecule has 1 aliphatic rings. The van der Waals surface area contributed by atoms with Gasteiger partial charge < -0.3 is 19.9 Å². The summed E-state index contributed by atoms with van der Waals surface area (Å²) in [4.78, 5) is 30.1. The van der Waals surface area contributed by atoms with E-state index in [1.807, 2.05) is 37.2 Å². The number of likely N-dealkylation sites (N-methyl/N-ethyl adjacent to an activating group) is 1. The molecule has 0 aromatic heterocycles. The Bertz CT molecular complexity index is 937. The van der Waals surface area contributed by atoms with E-state index < -0.39 is 0 Å². The van der Waals surface area contributed by atoms with Crippen LogP contribution in [-0.4, -0.2) is 62.3 Å². The standard InChI is InChI=1S/C22H25N5O3/c1-25(2)10-11-26(16-18-8-6-17(15-23)7-9-18)21(28)24-19-4-3-5-20(14-19)27-12-13-30-22(27)29/h3-9,14H,10-13,16H2,1-2H3,(H,24,28). The van der Waals surface area contributed by atoms with Crippen LogP contribution < -0.4 is 10.2 Å². The molecular formula is C22H25N5O3. The third kappa shape index (κ3) is 5.49. The van der Waals surface area contributed by atoms with Crippen LogP contribution in [0.4, 0.5) is 21.0 Å². The number of nitrogens with one attached hydrogen (secondary N) is 1. The van der Waals surface area contributed by atoms with Gasteiger partial charge in [0.15, 0.2) is 0 Å². The van der Waals surface area contributed by atoms with Crippen LogP contribution in [0.1, 0.15) is 11.1 Å². The second kappa shape index (κ2) is 9.76. The lowest BCUT2D eigenvalue weighted by molar-refractivity contribution is 0.181. The van der Waals surface area contributed by atoms with Crippen LogP contribution in [0, 0.1) is 11.3 Å². The molecule has 0 bridgehead atoms. The third-order valence-corrected chi connectivity index (χ3v) is 4.73. The molecule has 0 aliphatic carbocycles. The molecule has 1 heterocycles. The van der Waals surface area contributed by atoms with Crippen LogP contribution in [-0.2, 0) is 11.3 Å². The number of carbonyl (C=O) groups excluding carboxylic acids is 2. The Labute approximate surface area is 176 Å². The molecule has 1 fully saturated rings. The Morgan fingerprint density at radius 2 is 1.97 bits per heavy atom. The minimum absolute atomic E-state index is 0.234. The van der Waals surface area contributed by atoms with Crippen LogP contribution in [0.25, 0.3) is 0 Å². The average molecular weight is 407 g/mol. The summed E-state index contributed by atoms with van der Waals surface area (Å²) in [6, 6.07) is 16.2. The molecule has 8 heteroatoms. The number of cyclic esters (lactones) is 1. The van der Waals surface area contributed by atoms with Crippen molar-refractivity contribution >= 4 is 23.5 Å². The molecule has 3 amide bonds. The zero-order valence-corrected chi connectivity index (χ0v) is 17.2. The van der Waals surface area contributed by atoms with Crippen molar-refractivity contribution in [1.82, 2.24) is 9.80 Å². The molecule has 0 radical (unpaired) electrons. The lowest BCUT2D eigenvalue weighted by Crippen LogP contribution is -2.39. The molecule has 1 N–H and O–H groups in total. The Morgan fingerprint density at radius 3 is 2.60 bits per heavy atom. The van der Waals surface area contributed by atoms with Gasteiger partial charge >= 0.3 is 12.1 Å². The average Bonchev–Trinajstić information content (AvgIpc) is 3.17. The van der Waals surface area contributed by atoms with Gasteiger partial charge in [0.2, 0.25) is 0 Å². The summed E-state index contributed by atoms with van der Waals surface area (Å²) < 4.78 is 4.98. The molecule has 0 saturated carbocycles. The highest BCUT2D eigenvalue weighted by Crippen LogP contribution is 2.23. The number of rotatable bonds is 7. The number of nitrogens with zero attached hydrogens (tertiary/aromatic N) is 4. The van der Waals surface area contributed by atoms with Crippen molar-refractivity contribution in [2.75, 3.05) is 50.6 Å². The normalized spacial score (nSPS) is 13.1. The van der Waals surface area contributed by atoms with Crippen LogP contribution in [0.5, 0.6) is 0 Å². The van der Waals surface area contributed by atoms with Gasteiger partial charge in [-0.25, -0.2) is 9.59 Å². The highest BCUT2D eigenvalue weighted by molar-refractivity contribution is 5.93. The summed E-state index contributed by atoms with van der Waals surface area (Å²) in [5.74, 6) is 0. The summed E-state index contributed by atoms with van der Waals surface area (Å²) in [6.45, 7) is 2.52. The first-order valence-electron chi connectivity index (χ1n) is 9.70. The van der Waals surface area contributed by atoms with Crippen molar-refractivity contribution in [2.45, 2.75) is 6.54 Å². The van der Waals surface area contributed by atoms with Gasteiger partial charge in [0.1, 0.15) is 6.61 Å². The summed E-state index contributed by atoms with van der Waals surface area (Å²) >= 11 is 0. The van der Waals surface area contributed by atoms with Crippen LogP contribution in [0.15, 0.2) is 48.5 Å². The number of carbonyl (C=O) groups is 2. The highest BCUT2D eigenvalue weighted by atomic mass is 16.6. The van der Waals surface area contributed by atoms with Gasteiger partial charge in [0.05, 0.1) is 18.2 Å². The maximum atomic E-state index is 13.0. The molecule has 1 saturated heterocycles. The molecule has 8 nitrogen and oxygen atoms in total. The van der Waals surface area contributed by atoms with E-state index >= 15 is 0 Å². The largest absolute Gasteiger partial charge is 0.447 e. The van der Waals surface area contributed by atoms with Crippen molar-refractivity contribution in [1.29, 1.82) is 5.26 Å². The third-order valence-electron chi connectivity index (χ3n) is 4.73. The fourth-order valence-corrected chi connectivity index (χ4v) is 3.06. The van der Waals surface area contributed by atoms with E-state index in [9.17, 15) is 9.59 Å². The number of nitriles is 1. The molecule has 2 aromatic rings. The van der Waals surface area contributed by atoms with Gasteiger partial charge in [0.25, 0.3) is 0 Å². The molecule has 3 rings (SSSR count). The van der Waals surface area contributed by atoms with E-state index in [2.05, 4.69) is 11.4 Å². The number of amides is 3. The number of anilines is 2. The molecule has 30 heavy (non-hydrogen) atoms. The number of urea groups is 1. The smallest absolute Gasteiger partial charge is 0.414 e. The van der Waals surface area contributed by atoms with E-state index in [0.29, 0.717) is 49.7 Å². The summed E-state index contributed by atoms with van der Waals surface area (Å²) in [7, 11) is 3.91. The molecule has 2 aromatic carbocycles. The second-order valence-corrected chi connectivity index (χ2v) is 7.28. The van der Waals surface area contributed by atoms with E-state index in [1.165, 1.54) is 4.90 Å². The number of hydrogen-bond donors (Lipinski definition) is 1. The fourth-order valence-electron chi connectivity index (χ4n) is 3.06. The van der Waals surface area contributed by atoms with Gasteiger partial charge in [-0.2, -0.15) is 5.26 Å². The van der Waals surface area contributed by atoms with Gasteiger partial charge in [0, 0.05) is 31.0 Å². The lowest BCUT2D eigenvalue weighted by atomic mass is 10.1. The zero-order chi connectivity index (χ0) is 21.5.